The number of hydrogen-bond acceptors (Lipinski definition) is 26. The van der Waals surface area contributed by atoms with Gasteiger partial charge in [0, 0.05) is 70.8 Å². The van der Waals surface area contributed by atoms with Crippen molar-refractivity contribution in [3.63, 3.8) is 0 Å². The Morgan fingerprint density at radius 3 is 1.71 bits per heavy atom. The summed E-state index contributed by atoms with van der Waals surface area (Å²) in [6.45, 7) is 20.8. The van der Waals surface area contributed by atoms with E-state index in [0.717, 1.165) is 41.3 Å². The fraction of sp³-hybridized carbons (Fsp3) is 0.172. The van der Waals surface area contributed by atoms with Gasteiger partial charge >= 0.3 is 10.6 Å². The molecule has 4 amide bonds. The van der Waals surface area contributed by atoms with Gasteiger partial charge in [-0.2, -0.15) is 33.7 Å². The lowest BCUT2D eigenvalue weighted by Crippen LogP contribution is -2.21. The normalized spacial score (nSPS) is 11.4. The lowest BCUT2D eigenvalue weighted by molar-refractivity contribution is -0.120. The number of rotatable bonds is 29. The van der Waals surface area contributed by atoms with E-state index in [-0.39, 0.29) is 60.9 Å². The maximum atomic E-state index is 13.6. The first-order chi connectivity index (χ1) is 46.9. The van der Waals surface area contributed by atoms with Gasteiger partial charge < -0.3 is 42.1 Å². The first-order valence-electron chi connectivity index (χ1n) is 29.1. The molecule has 3 heterocycles. The Labute approximate surface area is 575 Å². The highest BCUT2D eigenvalue weighted by atomic mass is 32.2. The number of nitriles is 1. The monoisotopic (exact) mass is 1420 g/mol. The third kappa shape index (κ3) is 20.3. The molecule has 0 aliphatic heterocycles. The van der Waals surface area contributed by atoms with Crippen molar-refractivity contribution < 1.29 is 54.4 Å². The van der Waals surface area contributed by atoms with E-state index >= 15 is 0 Å². The predicted molar refractivity (Wildman–Crippen MR) is 376 cm³/mol. The Morgan fingerprint density at radius 2 is 1.21 bits per heavy atom. The number of nitrogens with zero attached hydrogens (tertiary/aromatic N) is 11. The van der Waals surface area contributed by atoms with Gasteiger partial charge in [0.05, 0.1) is 34.0 Å². The number of benzene rings is 5. The number of thiophene rings is 2. The van der Waals surface area contributed by atoms with Crippen LogP contribution in [0.2, 0.25) is 0 Å². The van der Waals surface area contributed by atoms with Crippen LogP contribution in [0.1, 0.15) is 72.8 Å². The second kappa shape index (κ2) is 34.8. The maximum absolute atomic E-state index is 13.6. The van der Waals surface area contributed by atoms with E-state index in [4.69, 9.17) is 39.9 Å². The van der Waals surface area contributed by atoms with E-state index in [9.17, 15) is 47.0 Å². The molecule has 34 heteroatoms. The third-order valence-corrected chi connectivity index (χ3v) is 17.6. The van der Waals surface area contributed by atoms with Gasteiger partial charge in [0.15, 0.2) is 21.7 Å². The van der Waals surface area contributed by atoms with Crippen molar-refractivity contribution in [2.75, 3.05) is 62.6 Å². The summed E-state index contributed by atoms with van der Waals surface area (Å²) in [5.74, 6) is -3.37. The van der Waals surface area contributed by atoms with Crippen molar-refractivity contribution >= 4 is 182 Å². The molecule has 0 aliphatic carbocycles. The zero-order chi connectivity index (χ0) is 71.2. The minimum Gasteiger partial charge on any atom is -0.372 e. The number of anilines is 9. The zero-order valence-electron chi connectivity index (χ0n) is 52.8. The van der Waals surface area contributed by atoms with Gasteiger partial charge in [0.2, 0.25) is 29.9 Å². The molecule has 0 unspecified atom stereocenters. The van der Waals surface area contributed by atoms with Gasteiger partial charge in [0.1, 0.15) is 32.9 Å². The molecule has 502 valence electrons. The molecule has 5 aromatic carbocycles. The molecule has 0 fully saturated rings. The summed E-state index contributed by atoms with van der Waals surface area (Å²) in [5, 5.41) is 42.8. The number of carbonyl (C=O) groups is 6. The van der Waals surface area contributed by atoms with Crippen LogP contribution in [0.3, 0.4) is 0 Å². The predicted octanol–water partition coefficient (Wildman–Crippen LogP) is 12.9. The molecule has 0 radical (unpaired) electrons. The number of primary amides is 1. The highest BCUT2D eigenvalue weighted by molar-refractivity contribution is 7.98. The largest absolute Gasteiger partial charge is 0.425 e. The molecule has 8 N–H and O–H groups in total. The third-order valence-electron chi connectivity index (χ3n) is 13.7. The maximum Gasteiger partial charge on any atom is 0.425 e. The van der Waals surface area contributed by atoms with E-state index in [0.29, 0.717) is 77.3 Å². The van der Waals surface area contributed by atoms with Gasteiger partial charge in [-0.3, -0.25) is 33.3 Å². The molecule has 0 atom stereocenters. The van der Waals surface area contributed by atoms with Gasteiger partial charge in [-0.15, -0.1) is 50.6 Å². The lowest BCUT2D eigenvalue weighted by Gasteiger charge is -2.22. The Kier molecular flexibility index (Phi) is 26.2. The number of aromatic nitrogens is 3. The van der Waals surface area contributed by atoms with Gasteiger partial charge in [-0.05, 0) is 138 Å². The summed E-state index contributed by atoms with van der Waals surface area (Å²) in [5.41, 5.74) is 8.58. The molecule has 29 nitrogen and oxygen atoms in total. The summed E-state index contributed by atoms with van der Waals surface area (Å²) < 4.78 is 62.0. The molecule has 8 rings (SSSR count). The number of nitrogens with one attached hydrogen (secondary N) is 5. The number of azo groups is 2. The van der Waals surface area contributed by atoms with Gasteiger partial charge in [-0.25, -0.2) is 4.85 Å². The number of thioether (sulfide) groups is 1. The molecule has 0 spiro atoms. The molecular formula is C64H59N17O12S5. The standard InChI is InChI=1S/C64H59N17O9S4.O3S/c1-8-80(9-2)44-23-25-50(76-78-60-49(34-65)56(94(88,89)90)55(93-60)33-48(38(6)84)59(87)69-42-21-15-19-40(27-42)57(66)85)52(29-44)71-62-73-63(75-64(74-62)91-35-39-17-13-12-14-18-39)72-53-30-45(81(10-3)11-4)24-26-51(53)77-79-61-54(67-7)32-46(92-61)31-47(37(5)83)58(86)70-43-22-16-20-41(28-43)68-36-82;1-4(2)3/h12-33,36H,8-11,35H2,1-6H3,(H2,66,85)(H,68,82)(H,69,87)(H,70,86)(H,88,89,90)(H2,71,72,73,74,75);/b47-31+,48-33-,78-76?,79-77?;. The molecule has 0 saturated carbocycles. The van der Waals surface area contributed by atoms with Crippen molar-refractivity contribution in [2.45, 2.75) is 57.3 Å². The Morgan fingerprint density at radius 1 is 0.694 bits per heavy atom. The van der Waals surface area contributed by atoms with Crippen LogP contribution >= 0.6 is 34.4 Å². The summed E-state index contributed by atoms with van der Waals surface area (Å²) in [4.78, 5) is 97.2. The summed E-state index contributed by atoms with van der Waals surface area (Å²) >= 11 is 2.89. The fourth-order valence-corrected chi connectivity index (χ4v) is 12.9. The van der Waals surface area contributed by atoms with Crippen molar-refractivity contribution in [1.82, 2.24) is 15.0 Å². The minimum absolute atomic E-state index is 0.0125. The van der Waals surface area contributed by atoms with Crippen LogP contribution in [-0.2, 0) is 50.5 Å². The number of nitrogens with two attached hydrogens (primary N) is 1. The molecule has 0 aliphatic rings. The van der Waals surface area contributed by atoms with Crippen molar-refractivity contribution in [3.8, 4) is 6.07 Å². The first-order valence-corrected chi connectivity index (χ1v) is 34.1. The van der Waals surface area contributed by atoms with Crippen molar-refractivity contribution in [1.29, 1.82) is 5.26 Å². The van der Waals surface area contributed by atoms with Gasteiger partial charge in [-0.1, -0.05) is 54.2 Å². The molecule has 0 saturated heterocycles. The smallest absolute Gasteiger partial charge is 0.372 e. The highest BCUT2D eigenvalue weighted by Crippen LogP contribution is 2.44. The average molecular weight is 1420 g/mol. The zero-order valence-corrected chi connectivity index (χ0v) is 56.9. The quantitative estimate of drug-likeness (QED) is 0.00334. The van der Waals surface area contributed by atoms with Crippen LogP contribution in [0.5, 0.6) is 0 Å². The molecule has 3 aromatic heterocycles. The summed E-state index contributed by atoms with van der Waals surface area (Å²) in [7, 11) is -8.35. The van der Waals surface area contributed by atoms with Gasteiger partial charge in [0.25, 0.3) is 21.9 Å². The highest BCUT2D eigenvalue weighted by Gasteiger charge is 2.29. The van der Waals surface area contributed by atoms with Crippen LogP contribution in [0.15, 0.2) is 163 Å². The van der Waals surface area contributed by atoms with E-state index in [1.807, 2.05) is 70.2 Å². The minimum atomic E-state index is -5.24. The number of hydrogen-bond donors (Lipinski definition) is 7. The Hall–Kier alpha value is -11.5. The van der Waals surface area contributed by atoms with Crippen molar-refractivity contribution in [3.05, 3.63) is 170 Å². The molecule has 8 aromatic rings. The van der Waals surface area contributed by atoms with E-state index < -0.39 is 70.9 Å². The molecule has 98 heavy (non-hydrogen) atoms. The Balaban J connectivity index is 0.00000329. The second-order valence-corrected chi connectivity index (χ2v) is 24.9. The summed E-state index contributed by atoms with van der Waals surface area (Å²) in [6, 6.07) is 35.4. The van der Waals surface area contributed by atoms with E-state index in [2.05, 4.69) is 61.7 Å². The van der Waals surface area contributed by atoms with Crippen LogP contribution in [0.4, 0.5) is 78.8 Å². The SMILES string of the molecule is O=S(=O)=O.[C-]#[N+]c1cc(/C=C(\C(C)=O)C(=O)Nc2cccc(NC=O)c2)sc1N=Nc1ccc(N(CC)CC)cc1Nc1nc(Nc2cc(N(CC)CC)ccc2N=Nc2sc(/C=C(/C(C)=O)C(=O)Nc3cccc(C(N)=O)c3)c(S(=O)(=O)O)c2C#N)nc(SCc2ccccc2)n1. The van der Waals surface area contributed by atoms with Crippen molar-refractivity contribution in [2.24, 2.45) is 26.2 Å². The van der Waals surface area contributed by atoms with Crippen LogP contribution < -0.4 is 42.1 Å². The van der Waals surface area contributed by atoms with Crippen LogP contribution in [0, 0.1) is 17.9 Å². The van der Waals surface area contributed by atoms with E-state index in [1.54, 1.807) is 48.5 Å². The molecular weight excluding hydrogens is 1360 g/mol. The topological polar surface area (TPSA) is 417 Å². The van der Waals surface area contributed by atoms with E-state index in [1.165, 1.54) is 61.2 Å². The lowest BCUT2D eigenvalue weighted by atomic mass is 10.1. The second-order valence-electron chi connectivity index (χ2n) is 20.1. The van der Waals surface area contributed by atoms with Crippen LogP contribution in [-0.4, -0.2) is 102 Å². The number of amides is 4. The summed E-state index contributed by atoms with van der Waals surface area (Å²) in [6.07, 6.45) is 2.77. The molecule has 0 bridgehead atoms. The first kappa shape index (κ1) is 73.9. The Bertz CT molecular complexity index is 4820. The van der Waals surface area contributed by atoms with Crippen LogP contribution in [0.25, 0.3) is 17.0 Å². The number of carbonyl (C=O) groups excluding carboxylic acids is 6. The number of ketones is 2. The average Bonchev–Trinajstić information content (AvgIpc) is 1.61. The fourth-order valence-electron chi connectivity index (χ4n) is 9.07. The number of Topliss-reactive ketones (excluding diaryl/α,β-unsaturated/α-hetero) is 2.